The Kier molecular flexibility index (Phi) is 9.96. The van der Waals surface area contributed by atoms with Crippen molar-refractivity contribution in [2.24, 2.45) is 0 Å². The zero-order valence-corrected chi connectivity index (χ0v) is 10.3. The molecule has 0 aliphatic rings. The Morgan fingerprint density at radius 2 is 1.67 bits per heavy atom. The maximum Gasteiger partial charge on any atom is 0.176 e. The minimum absolute atomic E-state index is 0.641. The van der Waals surface area contributed by atoms with Crippen LogP contribution in [-0.4, -0.2) is 18.0 Å². The van der Waals surface area contributed by atoms with Crippen molar-refractivity contribution in [1.82, 2.24) is 0 Å². The molecule has 0 heterocycles. The fourth-order valence-electron chi connectivity index (χ4n) is 1.40. The number of aliphatic hydroxyl groups is 1. The first kappa shape index (κ1) is 14.7. The van der Waals surface area contributed by atoms with Gasteiger partial charge in [0.15, 0.2) is 6.29 Å². The van der Waals surface area contributed by atoms with Gasteiger partial charge in [-0.25, -0.2) is 0 Å². The normalized spacial score (nSPS) is 12.7. The Hall–Kier alpha value is -0.340. The Labute approximate surface area is 94.3 Å². The molecule has 0 rings (SSSR count). The molecule has 0 bridgehead atoms. The predicted octanol–water partition coefficient (Wildman–Crippen LogP) is 3.65. The summed E-state index contributed by atoms with van der Waals surface area (Å²) in [5.41, 5.74) is 0.679. The van der Waals surface area contributed by atoms with Gasteiger partial charge >= 0.3 is 0 Å². The van der Waals surface area contributed by atoms with Gasteiger partial charge in [0.2, 0.25) is 0 Å². The fourth-order valence-corrected chi connectivity index (χ4v) is 1.40. The number of ether oxygens (including phenoxy) is 1. The molecule has 2 nitrogen and oxygen atoms in total. The molecule has 2 heteroatoms. The molecule has 1 unspecified atom stereocenters. The maximum absolute atomic E-state index is 9.28. The number of aliphatic hydroxyl groups excluding tert-OH is 1. The summed E-state index contributed by atoms with van der Waals surface area (Å²) in [5.74, 6) is 0. The summed E-state index contributed by atoms with van der Waals surface area (Å²) >= 11 is 0. The minimum Gasteiger partial charge on any atom is -0.364 e. The van der Waals surface area contributed by atoms with Crippen LogP contribution in [0.3, 0.4) is 0 Å². The van der Waals surface area contributed by atoms with Crippen LogP contribution in [0.5, 0.6) is 0 Å². The molecule has 0 aliphatic carbocycles. The lowest BCUT2D eigenvalue weighted by atomic mass is 10.1. The number of rotatable bonds is 10. The van der Waals surface area contributed by atoms with E-state index in [9.17, 15) is 5.11 Å². The fraction of sp³-hybridized carbons (Fsp3) is 0.846. The van der Waals surface area contributed by atoms with Crippen molar-refractivity contribution in [2.75, 3.05) is 6.61 Å². The third-order valence-electron chi connectivity index (χ3n) is 2.45. The predicted molar refractivity (Wildman–Crippen MR) is 64.8 cm³/mol. The van der Waals surface area contributed by atoms with E-state index in [1.807, 2.05) is 0 Å². The Morgan fingerprint density at radius 3 is 2.20 bits per heavy atom. The summed E-state index contributed by atoms with van der Waals surface area (Å²) in [4.78, 5) is 0. The SMILES string of the molecule is C=C(C)C(O)OCCCCCCCCC. The average Bonchev–Trinajstić information content (AvgIpc) is 2.21. The molecule has 0 spiro atoms. The monoisotopic (exact) mass is 214 g/mol. The van der Waals surface area contributed by atoms with Crippen molar-refractivity contribution in [3.05, 3.63) is 12.2 Å². The van der Waals surface area contributed by atoms with Crippen LogP contribution in [0.2, 0.25) is 0 Å². The lowest BCUT2D eigenvalue weighted by Gasteiger charge is -2.11. The van der Waals surface area contributed by atoms with Crippen LogP contribution in [0.25, 0.3) is 0 Å². The van der Waals surface area contributed by atoms with E-state index < -0.39 is 6.29 Å². The van der Waals surface area contributed by atoms with Gasteiger partial charge in [0.1, 0.15) is 0 Å². The van der Waals surface area contributed by atoms with E-state index in [0.717, 1.165) is 6.42 Å². The molecule has 0 radical (unpaired) electrons. The second kappa shape index (κ2) is 10.2. The number of hydrogen-bond donors (Lipinski definition) is 1. The average molecular weight is 214 g/mol. The summed E-state index contributed by atoms with van der Waals surface area (Å²) in [5, 5.41) is 9.28. The third kappa shape index (κ3) is 9.95. The smallest absolute Gasteiger partial charge is 0.176 e. The first-order valence-corrected chi connectivity index (χ1v) is 6.13. The molecule has 1 N–H and O–H groups in total. The van der Waals surface area contributed by atoms with Crippen LogP contribution in [0.4, 0.5) is 0 Å². The second-order valence-electron chi connectivity index (χ2n) is 4.19. The highest BCUT2D eigenvalue weighted by atomic mass is 16.6. The van der Waals surface area contributed by atoms with Gasteiger partial charge in [0.05, 0.1) is 6.61 Å². The molecule has 0 fully saturated rings. The summed E-state index contributed by atoms with van der Waals surface area (Å²) in [6, 6.07) is 0. The van der Waals surface area contributed by atoms with Crippen molar-refractivity contribution in [3.63, 3.8) is 0 Å². The van der Waals surface area contributed by atoms with E-state index in [-0.39, 0.29) is 0 Å². The van der Waals surface area contributed by atoms with Crippen molar-refractivity contribution in [3.8, 4) is 0 Å². The maximum atomic E-state index is 9.28. The molecule has 0 saturated carbocycles. The molecule has 15 heavy (non-hydrogen) atoms. The molecular formula is C13H26O2. The van der Waals surface area contributed by atoms with Crippen LogP contribution < -0.4 is 0 Å². The van der Waals surface area contributed by atoms with E-state index in [2.05, 4.69) is 13.5 Å². The molecule has 0 aromatic rings. The van der Waals surface area contributed by atoms with Gasteiger partial charge < -0.3 is 9.84 Å². The zero-order chi connectivity index (χ0) is 11.5. The largest absolute Gasteiger partial charge is 0.364 e. The van der Waals surface area contributed by atoms with E-state index in [1.165, 1.54) is 38.5 Å². The Bertz CT molecular complexity index is 155. The molecule has 0 amide bonds. The zero-order valence-electron chi connectivity index (χ0n) is 10.3. The third-order valence-corrected chi connectivity index (χ3v) is 2.45. The minimum atomic E-state index is -0.773. The van der Waals surface area contributed by atoms with Gasteiger partial charge in [-0.1, -0.05) is 52.0 Å². The molecule has 0 aromatic carbocycles. The van der Waals surface area contributed by atoms with Crippen LogP contribution in [0.1, 0.15) is 58.8 Å². The van der Waals surface area contributed by atoms with Gasteiger partial charge in [-0.15, -0.1) is 0 Å². The number of hydrogen-bond acceptors (Lipinski definition) is 2. The molecule has 0 aliphatic heterocycles. The van der Waals surface area contributed by atoms with Crippen LogP contribution >= 0.6 is 0 Å². The topological polar surface area (TPSA) is 29.5 Å². The van der Waals surface area contributed by atoms with Gasteiger partial charge in [0.25, 0.3) is 0 Å². The van der Waals surface area contributed by atoms with Gasteiger partial charge in [-0.3, -0.25) is 0 Å². The highest BCUT2D eigenvalue weighted by Gasteiger charge is 2.02. The highest BCUT2D eigenvalue weighted by molar-refractivity contribution is 4.91. The van der Waals surface area contributed by atoms with Crippen LogP contribution in [0, 0.1) is 0 Å². The first-order valence-electron chi connectivity index (χ1n) is 6.13. The van der Waals surface area contributed by atoms with Crippen LogP contribution in [-0.2, 0) is 4.74 Å². The summed E-state index contributed by atoms with van der Waals surface area (Å²) in [7, 11) is 0. The van der Waals surface area contributed by atoms with Gasteiger partial charge in [0, 0.05) is 0 Å². The van der Waals surface area contributed by atoms with E-state index >= 15 is 0 Å². The second-order valence-corrected chi connectivity index (χ2v) is 4.19. The Morgan fingerprint density at radius 1 is 1.13 bits per heavy atom. The standard InChI is InChI=1S/C13H26O2/c1-4-5-6-7-8-9-10-11-15-13(14)12(2)3/h13-14H,2,4-11H2,1,3H3. The molecule has 0 aromatic heterocycles. The van der Waals surface area contributed by atoms with Crippen molar-refractivity contribution < 1.29 is 9.84 Å². The lowest BCUT2D eigenvalue weighted by molar-refractivity contribution is -0.0727. The van der Waals surface area contributed by atoms with E-state index in [0.29, 0.717) is 12.2 Å². The summed E-state index contributed by atoms with van der Waals surface area (Å²) < 4.78 is 5.19. The molecule has 0 saturated heterocycles. The van der Waals surface area contributed by atoms with Crippen molar-refractivity contribution in [2.45, 2.75) is 65.1 Å². The first-order chi connectivity index (χ1) is 7.18. The Balaban J connectivity index is 3.08. The van der Waals surface area contributed by atoms with Crippen molar-refractivity contribution >= 4 is 0 Å². The molecule has 90 valence electrons. The summed E-state index contributed by atoms with van der Waals surface area (Å²) in [6.45, 7) is 8.27. The van der Waals surface area contributed by atoms with Crippen molar-refractivity contribution in [1.29, 1.82) is 0 Å². The lowest BCUT2D eigenvalue weighted by Crippen LogP contribution is -2.13. The van der Waals surface area contributed by atoms with Gasteiger partial charge in [-0.05, 0) is 18.9 Å². The quantitative estimate of drug-likeness (QED) is 0.342. The molecule has 1 atom stereocenters. The molecular weight excluding hydrogens is 188 g/mol. The van der Waals surface area contributed by atoms with E-state index in [1.54, 1.807) is 6.92 Å². The van der Waals surface area contributed by atoms with Gasteiger partial charge in [-0.2, -0.15) is 0 Å². The summed E-state index contributed by atoms with van der Waals surface area (Å²) in [6.07, 6.45) is 8.09. The van der Waals surface area contributed by atoms with E-state index in [4.69, 9.17) is 4.74 Å². The highest BCUT2D eigenvalue weighted by Crippen LogP contribution is 2.08. The van der Waals surface area contributed by atoms with Crippen LogP contribution in [0.15, 0.2) is 12.2 Å². The number of unbranched alkanes of at least 4 members (excludes halogenated alkanes) is 6.